The van der Waals surface area contributed by atoms with E-state index in [1.165, 1.54) is 23.1 Å². The van der Waals surface area contributed by atoms with Gasteiger partial charge in [0.05, 0.1) is 17.6 Å². The number of fused-ring (bicyclic) bond motifs is 1. The van der Waals surface area contributed by atoms with Crippen LogP contribution in [0.5, 0.6) is 11.5 Å². The zero-order chi connectivity index (χ0) is 22.9. The van der Waals surface area contributed by atoms with E-state index in [4.69, 9.17) is 10.00 Å². The molecule has 1 atom stereocenters. The van der Waals surface area contributed by atoms with Crippen molar-refractivity contribution in [1.29, 1.82) is 5.26 Å². The van der Waals surface area contributed by atoms with Crippen molar-refractivity contribution in [3.05, 3.63) is 65.7 Å². The van der Waals surface area contributed by atoms with Crippen molar-refractivity contribution in [2.75, 3.05) is 13.7 Å². The Hall–Kier alpha value is -3.61. The Morgan fingerprint density at radius 2 is 1.94 bits per heavy atom. The topological polar surface area (TPSA) is 120 Å². The van der Waals surface area contributed by atoms with Crippen molar-refractivity contribution >= 4 is 26.7 Å². The first-order valence-electron chi connectivity index (χ1n) is 9.91. The van der Waals surface area contributed by atoms with Gasteiger partial charge in [0.25, 0.3) is 0 Å². The molecule has 1 aliphatic heterocycles. The van der Waals surface area contributed by atoms with E-state index in [2.05, 4.69) is 4.72 Å². The van der Waals surface area contributed by atoms with E-state index in [-0.39, 0.29) is 28.7 Å². The van der Waals surface area contributed by atoms with Gasteiger partial charge < -0.3 is 14.7 Å². The minimum absolute atomic E-state index is 0.0710. The average Bonchev–Trinajstić information content (AvgIpc) is 3.12. The van der Waals surface area contributed by atoms with E-state index < -0.39 is 16.1 Å². The quantitative estimate of drug-likeness (QED) is 0.594. The molecule has 0 radical (unpaired) electrons. The predicted octanol–water partition coefficient (Wildman–Crippen LogP) is 2.51. The number of phenols is 1. The molecule has 8 nitrogen and oxygen atoms in total. The summed E-state index contributed by atoms with van der Waals surface area (Å²) < 4.78 is 33.6. The summed E-state index contributed by atoms with van der Waals surface area (Å²) in [5, 5.41) is 20.3. The number of benzene rings is 3. The minimum Gasteiger partial charge on any atom is -0.507 e. The van der Waals surface area contributed by atoms with Crippen molar-refractivity contribution in [2.24, 2.45) is 0 Å². The number of hydrogen-bond acceptors (Lipinski definition) is 6. The fraction of sp³-hybridized carbons (Fsp3) is 0.217. The third kappa shape index (κ3) is 4.23. The standard InChI is InChI=1S/C23H21N3O5S/c1-31-19-5-3-16-4-6-20(12-17(16)11-19)32(29,30)25-21-8-9-26(23(21)28)14-15-2-7-22(27)18(10-15)13-24/h2-7,10-12,21,25,27H,8-9,14H2,1H3/t21-/m0/s1. The van der Waals surface area contributed by atoms with E-state index in [1.54, 1.807) is 37.4 Å². The molecule has 4 rings (SSSR count). The largest absolute Gasteiger partial charge is 0.507 e. The lowest BCUT2D eigenvalue weighted by atomic mass is 10.1. The number of rotatable bonds is 6. The number of phenolic OH excluding ortho intramolecular Hbond substituents is 1. The van der Waals surface area contributed by atoms with Crippen LogP contribution < -0.4 is 9.46 Å². The number of aromatic hydroxyl groups is 1. The highest BCUT2D eigenvalue weighted by Gasteiger charge is 2.35. The molecule has 3 aromatic rings. The number of ether oxygens (including phenoxy) is 1. The Labute approximate surface area is 185 Å². The van der Waals surface area contributed by atoms with Crippen LogP contribution in [0.15, 0.2) is 59.5 Å². The second kappa shape index (κ2) is 8.49. The molecule has 32 heavy (non-hydrogen) atoms. The molecule has 0 saturated carbocycles. The summed E-state index contributed by atoms with van der Waals surface area (Å²) in [5.41, 5.74) is 0.805. The summed E-state index contributed by atoms with van der Waals surface area (Å²) in [6, 6.07) is 15.8. The smallest absolute Gasteiger partial charge is 0.241 e. The highest BCUT2D eigenvalue weighted by molar-refractivity contribution is 7.89. The zero-order valence-electron chi connectivity index (χ0n) is 17.3. The zero-order valence-corrected chi connectivity index (χ0v) is 18.1. The van der Waals surface area contributed by atoms with E-state index in [1.807, 2.05) is 12.1 Å². The highest BCUT2D eigenvalue weighted by Crippen LogP contribution is 2.25. The van der Waals surface area contributed by atoms with E-state index in [0.29, 0.717) is 29.7 Å². The van der Waals surface area contributed by atoms with Crippen molar-refractivity contribution < 1.29 is 23.1 Å². The molecule has 1 saturated heterocycles. The van der Waals surface area contributed by atoms with Crippen molar-refractivity contribution in [3.63, 3.8) is 0 Å². The van der Waals surface area contributed by atoms with Gasteiger partial charge in [0, 0.05) is 13.1 Å². The lowest BCUT2D eigenvalue weighted by molar-refractivity contribution is -0.129. The second-order valence-corrected chi connectivity index (χ2v) is 9.27. The molecule has 2 N–H and O–H groups in total. The third-order valence-corrected chi connectivity index (χ3v) is 6.95. The molecular weight excluding hydrogens is 430 g/mol. The summed E-state index contributed by atoms with van der Waals surface area (Å²) >= 11 is 0. The maximum absolute atomic E-state index is 12.9. The molecule has 3 aromatic carbocycles. The first-order chi connectivity index (χ1) is 15.3. The van der Waals surface area contributed by atoms with Gasteiger partial charge in [0.15, 0.2) is 0 Å². The number of hydrogen-bond donors (Lipinski definition) is 2. The summed E-state index contributed by atoms with van der Waals surface area (Å²) in [6.45, 7) is 0.603. The molecule has 0 bridgehead atoms. The minimum atomic E-state index is -3.91. The molecule has 1 heterocycles. The van der Waals surface area contributed by atoms with Gasteiger partial charge in [0.1, 0.15) is 23.6 Å². The van der Waals surface area contributed by atoms with Gasteiger partial charge in [-0.25, -0.2) is 8.42 Å². The second-order valence-electron chi connectivity index (χ2n) is 7.56. The molecule has 0 unspecified atom stereocenters. The van der Waals surface area contributed by atoms with Crippen LogP contribution in [0.4, 0.5) is 0 Å². The maximum Gasteiger partial charge on any atom is 0.241 e. The van der Waals surface area contributed by atoms with Crippen LogP contribution >= 0.6 is 0 Å². The molecule has 0 aromatic heterocycles. The monoisotopic (exact) mass is 451 g/mol. The summed E-state index contributed by atoms with van der Waals surface area (Å²) in [7, 11) is -2.37. The van der Waals surface area contributed by atoms with Gasteiger partial charge in [-0.05, 0) is 59.2 Å². The fourth-order valence-corrected chi connectivity index (χ4v) is 5.01. The molecule has 1 aliphatic rings. The van der Waals surface area contributed by atoms with Crippen LogP contribution in [0, 0.1) is 11.3 Å². The van der Waals surface area contributed by atoms with Crippen LogP contribution in [-0.2, 0) is 21.4 Å². The third-order valence-electron chi connectivity index (χ3n) is 5.48. The molecule has 1 amide bonds. The Bertz CT molecular complexity index is 1350. The van der Waals surface area contributed by atoms with Gasteiger partial charge in [-0.2, -0.15) is 9.98 Å². The Kier molecular flexibility index (Phi) is 5.74. The van der Waals surface area contributed by atoms with Crippen LogP contribution in [0.2, 0.25) is 0 Å². The predicted molar refractivity (Wildman–Crippen MR) is 117 cm³/mol. The van der Waals surface area contributed by atoms with E-state index >= 15 is 0 Å². The van der Waals surface area contributed by atoms with Crippen LogP contribution in [-0.4, -0.2) is 44.0 Å². The molecular formula is C23H21N3O5S. The summed E-state index contributed by atoms with van der Waals surface area (Å²) in [5.74, 6) is 0.167. The lowest BCUT2D eigenvalue weighted by Gasteiger charge is -2.18. The van der Waals surface area contributed by atoms with Crippen molar-refractivity contribution in [3.8, 4) is 17.6 Å². The molecule has 0 aliphatic carbocycles. The number of nitriles is 1. The molecule has 9 heteroatoms. The van der Waals surface area contributed by atoms with Crippen LogP contribution in [0.3, 0.4) is 0 Å². The molecule has 1 fully saturated rings. The molecule has 0 spiro atoms. The van der Waals surface area contributed by atoms with Crippen LogP contribution in [0.1, 0.15) is 17.5 Å². The number of likely N-dealkylation sites (tertiary alicyclic amines) is 1. The van der Waals surface area contributed by atoms with Gasteiger partial charge in [-0.3, -0.25) is 4.79 Å². The normalized spacial score (nSPS) is 16.3. The van der Waals surface area contributed by atoms with Crippen molar-refractivity contribution in [2.45, 2.75) is 23.9 Å². The summed E-state index contributed by atoms with van der Waals surface area (Å²) in [6.07, 6.45) is 0.336. The number of amides is 1. The number of sulfonamides is 1. The van der Waals surface area contributed by atoms with Crippen LogP contribution in [0.25, 0.3) is 10.8 Å². The number of nitrogens with zero attached hydrogens (tertiary/aromatic N) is 2. The van der Waals surface area contributed by atoms with Gasteiger partial charge in [-0.15, -0.1) is 0 Å². The maximum atomic E-state index is 12.9. The Morgan fingerprint density at radius 1 is 1.16 bits per heavy atom. The first kappa shape index (κ1) is 21.6. The molecule has 164 valence electrons. The highest BCUT2D eigenvalue weighted by atomic mass is 32.2. The number of carbonyl (C=O) groups is 1. The van der Waals surface area contributed by atoms with Gasteiger partial charge >= 0.3 is 0 Å². The number of carbonyl (C=O) groups excluding carboxylic acids is 1. The Balaban J connectivity index is 1.50. The van der Waals surface area contributed by atoms with Gasteiger partial charge in [-0.1, -0.05) is 18.2 Å². The van der Waals surface area contributed by atoms with E-state index in [0.717, 1.165) is 5.39 Å². The first-order valence-corrected chi connectivity index (χ1v) is 11.4. The lowest BCUT2D eigenvalue weighted by Crippen LogP contribution is -2.41. The number of nitrogens with one attached hydrogen (secondary N) is 1. The number of methoxy groups -OCH3 is 1. The van der Waals surface area contributed by atoms with Crippen molar-refractivity contribution in [1.82, 2.24) is 9.62 Å². The fourth-order valence-electron chi connectivity index (χ4n) is 3.75. The van der Waals surface area contributed by atoms with E-state index in [9.17, 15) is 18.3 Å². The van der Waals surface area contributed by atoms with Gasteiger partial charge in [0.2, 0.25) is 15.9 Å². The Morgan fingerprint density at radius 3 is 2.69 bits per heavy atom. The SMILES string of the molecule is COc1ccc2ccc(S(=O)(=O)N[C@H]3CCN(Cc4ccc(O)c(C#N)c4)C3=O)cc2c1. The average molecular weight is 452 g/mol. The summed E-state index contributed by atoms with van der Waals surface area (Å²) in [4.78, 5) is 14.4.